The molecule has 0 unspecified atom stereocenters. The topological polar surface area (TPSA) is 72.3 Å². The minimum absolute atomic E-state index is 0. The van der Waals surface area contributed by atoms with E-state index in [0.29, 0.717) is 0 Å². The molecule has 7 heteroatoms. The number of anilines is 2. The molecule has 0 saturated carbocycles. The van der Waals surface area contributed by atoms with Crippen molar-refractivity contribution in [1.82, 2.24) is 0 Å². The van der Waals surface area contributed by atoms with Crippen LogP contribution in [0.1, 0.15) is 0 Å². The fourth-order valence-corrected chi connectivity index (χ4v) is 2.77. The van der Waals surface area contributed by atoms with Crippen LogP contribution >= 0.6 is 32.3 Å². The van der Waals surface area contributed by atoms with E-state index >= 15 is 0 Å². The van der Waals surface area contributed by atoms with Crippen LogP contribution in [-0.2, 0) is 0 Å². The first-order chi connectivity index (χ1) is 5.52. The van der Waals surface area contributed by atoms with E-state index in [1.54, 1.807) is 12.1 Å². The molecule has 5 N–H and O–H groups in total. The van der Waals surface area contributed by atoms with Gasteiger partial charge in [0, 0.05) is 0 Å². The van der Waals surface area contributed by atoms with E-state index in [1.165, 1.54) is 0 Å². The third kappa shape index (κ3) is 3.03. The molecule has 3 nitrogen and oxygen atoms in total. The summed E-state index contributed by atoms with van der Waals surface area (Å²) in [6.45, 7) is 0. The van der Waals surface area contributed by atoms with Gasteiger partial charge in [0.1, 0.15) is 0 Å². The third-order valence-corrected chi connectivity index (χ3v) is 4.74. The Morgan fingerprint density at radius 3 is 1.85 bits per heavy atom. The molecule has 0 fully saturated rings. The first-order valence-corrected chi connectivity index (χ1v) is 8.89. The maximum atomic E-state index is 9.19. The van der Waals surface area contributed by atoms with Crippen molar-refractivity contribution in [1.29, 1.82) is 0 Å². The Morgan fingerprint density at radius 2 is 1.54 bits per heavy atom. The quantitative estimate of drug-likeness (QED) is 0.414. The van der Waals surface area contributed by atoms with Gasteiger partial charge in [-0.05, 0) is 0 Å². The van der Waals surface area contributed by atoms with Crippen molar-refractivity contribution in [2.24, 2.45) is 0 Å². The summed E-state index contributed by atoms with van der Waals surface area (Å²) in [5.74, 6) is -0.108. The van der Waals surface area contributed by atoms with Crippen LogP contribution in [0.2, 0.25) is 0 Å². The van der Waals surface area contributed by atoms with Gasteiger partial charge >= 0.3 is 82.9 Å². The Hall–Kier alpha value is 0.0484. The molecule has 13 heavy (non-hydrogen) atoms. The Kier molecular flexibility index (Phi) is 5.08. The van der Waals surface area contributed by atoms with Crippen molar-refractivity contribution in [2.45, 2.75) is 0 Å². The summed E-state index contributed by atoms with van der Waals surface area (Å²) < 4.78 is 0.721. The van der Waals surface area contributed by atoms with Gasteiger partial charge in [-0.25, -0.2) is 0 Å². The zero-order chi connectivity index (χ0) is 9.30. The molecule has 0 bridgehead atoms. The summed E-state index contributed by atoms with van der Waals surface area (Å²) in [6, 6.07) is 3.09. The number of phenols is 1. The predicted octanol–water partition coefficient (Wildman–Crippen LogP) is 1.15. The van der Waals surface area contributed by atoms with Crippen LogP contribution < -0.4 is 15.8 Å². The molecule has 0 saturated heterocycles. The van der Waals surface area contributed by atoms with Gasteiger partial charge in [0.15, 0.2) is 0 Å². The van der Waals surface area contributed by atoms with Crippen LogP contribution in [-0.4, -0.2) is 17.9 Å². The van der Waals surface area contributed by atoms with Gasteiger partial charge in [-0.15, -0.1) is 12.4 Å². The summed E-state index contributed by atoms with van der Waals surface area (Å²) in [7, 11) is 11.4. The number of halogens is 3. The van der Waals surface area contributed by atoms with Crippen molar-refractivity contribution >= 4 is 60.8 Å². The first-order valence-electron chi connectivity index (χ1n) is 3.02. The molecule has 1 aromatic carbocycles. The molecule has 0 aromatic heterocycles. The molecular weight excluding hydrogens is 297 g/mol. The molecule has 1 rings (SSSR count). The normalized spacial score (nSPS) is 9.77. The molecule has 0 atom stereocenters. The van der Waals surface area contributed by atoms with Crippen molar-refractivity contribution in [3.05, 3.63) is 12.1 Å². The Labute approximate surface area is 95.0 Å². The molecule has 0 heterocycles. The van der Waals surface area contributed by atoms with Crippen molar-refractivity contribution in [3.8, 4) is 5.75 Å². The molecule has 74 valence electrons. The minimum atomic E-state index is -1.99. The van der Waals surface area contributed by atoms with Crippen molar-refractivity contribution in [3.63, 3.8) is 0 Å². The summed E-state index contributed by atoms with van der Waals surface area (Å²) in [6.07, 6.45) is 0. The van der Waals surface area contributed by atoms with Crippen LogP contribution in [0.25, 0.3) is 0 Å². The van der Waals surface area contributed by atoms with E-state index in [1.807, 2.05) is 0 Å². The summed E-state index contributed by atoms with van der Waals surface area (Å²) in [5.41, 5.74) is 11.3. The standard InChI is InChI=1S/C6H7AsCl2N2O.ClH/c8-7(9)3-1-4(10)6(12)5(11)2-3;/h1-2,12H,10-11H2;1H. The van der Waals surface area contributed by atoms with Crippen LogP contribution in [0.5, 0.6) is 5.75 Å². The van der Waals surface area contributed by atoms with E-state index in [2.05, 4.69) is 0 Å². The fourth-order valence-electron chi connectivity index (χ4n) is 0.761. The van der Waals surface area contributed by atoms with Crippen molar-refractivity contribution < 1.29 is 5.11 Å². The van der Waals surface area contributed by atoms with Gasteiger partial charge in [0.25, 0.3) is 0 Å². The SMILES string of the molecule is Cl.Nc1cc([As](Cl)Cl)cc(N)c1O. The molecule has 0 amide bonds. The Morgan fingerprint density at radius 1 is 1.15 bits per heavy atom. The van der Waals surface area contributed by atoms with Gasteiger partial charge in [-0.2, -0.15) is 0 Å². The summed E-state index contributed by atoms with van der Waals surface area (Å²) in [5, 5.41) is 9.19. The van der Waals surface area contributed by atoms with E-state index in [0.717, 1.165) is 4.35 Å². The fraction of sp³-hybridized carbons (Fsp3) is 0. The van der Waals surface area contributed by atoms with Gasteiger partial charge in [-0.1, -0.05) is 0 Å². The number of aromatic hydroxyl groups is 1. The van der Waals surface area contributed by atoms with Gasteiger partial charge in [0.2, 0.25) is 0 Å². The third-order valence-electron chi connectivity index (χ3n) is 1.35. The second-order valence-electron chi connectivity index (χ2n) is 2.21. The molecule has 0 aliphatic carbocycles. The molecular formula is C6H8AsCl3N2O. The average molecular weight is 305 g/mol. The predicted molar refractivity (Wildman–Crippen MR) is 61.3 cm³/mol. The van der Waals surface area contributed by atoms with E-state index < -0.39 is 12.8 Å². The van der Waals surface area contributed by atoms with Crippen LogP contribution in [0.3, 0.4) is 0 Å². The van der Waals surface area contributed by atoms with Crippen LogP contribution in [0.15, 0.2) is 12.1 Å². The zero-order valence-electron chi connectivity index (χ0n) is 6.37. The maximum absolute atomic E-state index is 9.19. The second kappa shape index (κ2) is 5.06. The molecule has 0 aliphatic rings. The number of nitrogen functional groups attached to an aromatic ring is 2. The van der Waals surface area contributed by atoms with Crippen molar-refractivity contribution in [2.75, 3.05) is 11.5 Å². The van der Waals surface area contributed by atoms with E-state index in [-0.39, 0.29) is 29.5 Å². The monoisotopic (exact) mass is 304 g/mol. The number of hydrogen-bond donors (Lipinski definition) is 3. The Balaban J connectivity index is 0.00000144. The van der Waals surface area contributed by atoms with E-state index in [9.17, 15) is 5.11 Å². The number of benzene rings is 1. The number of nitrogens with two attached hydrogens (primary N) is 2. The van der Waals surface area contributed by atoms with E-state index in [4.69, 9.17) is 31.4 Å². The van der Waals surface area contributed by atoms with Gasteiger partial charge in [-0.3, -0.25) is 0 Å². The van der Waals surface area contributed by atoms with Crippen LogP contribution in [0.4, 0.5) is 11.4 Å². The number of rotatable bonds is 1. The zero-order valence-corrected chi connectivity index (χ0v) is 10.6. The average Bonchev–Trinajstić information content (AvgIpc) is 1.99. The first kappa shape index (κ1) is 13.0. The van der Waals surface area contributed by atoms with Crippen LogP contribution in [0, 0.1) is 0 Å². The second-order valence-corrected chi connectivity index (χ2v) is 8.68. The molecule has 1 aromatic rings. The summed E-state index contributed by atoms with van der Waals surface area (Å²) in [4.78, 5) is 0. The van der Waals surface area contributed by atoms with Gasteiger partial charge < -0.3 is 0 Å². The molecule has 0 aliphatic heterocycles. The summed E-state index contributed by atoms with van der Waals surface area (Å²) >= 11 is -1.99. The Bertz CT molecular complexity index is 285. The molecule has 0 spiro atoms. The number of phenolic OH excluding ortho intramolecular Hbond substituents is 1. The molecule has 0 radical (unpaired) electrons. The van der Waals surface area contributed by atoms with Gasteiger partial charge in [0.05, 0.1) is 0 Å². The number of hydrogen-bond acceptors (Lipinski definition) is 3.